The highest BCUT2D eigenvalue weighted by Gasteiger charge is 2.26. The number of pyridine rings is 1. The van der Waals surface area contributed by atoms with Gasteiger partial charge in [-0.2, -0.15) is 0 Å². The molecule has 1 atom stereocenters. The van der Waals surface area contributed by atoms with Crippen molar-refractivity contribution in [2.24, 2.45) is 5.73 Å². The molecule has 1 fully saturated rings. The predicted octanol–water partition coefficient (Wildman–Crippen LogP) is 0.0339. The van der Waals surface area contributed by atoms with E-state index in [0.717, 1.165) is 19.3 Å². The highest BCUT2D eigenvalue weighted by atomic mass is 16.3. The van der Waals surface area contributed by atoms with Gasteiger partial charge in [-0.05, 0) is 19.3 Å². The zero-order valence-electron chi connectivity index (χ0n) is 10.1. The molecule has 98 valence electrons. The molecule has 4 N–H and O–H groups in total. The highest BCUT2D eigenvalue weighted by Crippen LogP contribution is 2.19. The van der Waals surface area contributed by atoms with Gasteiger partial charge < -0.3 is 15.7 Å². The molecule has 0 saturated carbocycles. The van der Waals surface area contributed by atoms with Crippen molar-refractivity contribution >= 4 is 5.91 Å². The van der Waals surface area contributed by atoms with Crippen LogP contribution in [0, 0.1) is 0 Å². The molecular formula is C12H17N3O3. The van der Waals surface area contributed by atoms with Crippen LogP contribution in [0.2, 0.25) is 0 Å². The largest absolute Gasteiger partial charge is 0.494 e. The number of amides is 1. The van der Waals surface area contributed by atoms with Gasteiger partial charge in [0, 0.05) is 31.3 Å². The van der Waals surface area contributed by atoms with Gasteiger partial charge >= 0.3 is 0 Å². The lowest BCUT2D eigenvalue weighted by Gasteiger charge is -2.35. The Morgan fingerprint density at radius 1 is 1.50 bits per heavy atom. The molecule has 0 aromatic carbocycles. The molecule has 6 nitrogen and oxygen atoms in total. The SMILES string of the molecule is NCC1CCCCN1C(=O)c1cc(O)[nH]c(=O)c1. The highest BCUT2D eigenvalue weighted by molar-refractivity contribution is 5.94. The van der Waals surface area contributed by atoms with E-state index in [2.05, 4.69) is 4.98 Å². The zero-order chi connectivity index (χ0) is 13.1. The summed E-state index contributed by atoms with van der Waals surface area (Å²) in [6, 6.07) is 2.49. The van der Waals surface area contributed by atoms with Gasteiger partial charge in [-0.3, -0.25) is 14.6 Å². The lowest BCUT2D eigenvalue weighted by Crippen LogP contribution is -2.47. The minimum absolute atomic E-state index is 0.0210. The minimum atomic E-state index is -0.486. The first kappa shape index (κ1) is 12.6. The number of aromatic nitrogens is 1. The van der Waals surface area contributed by atoms with E-state index >= 15 is 0 Å². The van der Waals surface area contributed by atoms with Gasteiger partial charge in [-0.15, -0.1) is 0 Å². The molecule has 1 aliphatic heterocycles. The molecule has 1 amide bonds. The molecule has 2 rings (SSSR count). The number of aromatic hydroxyl groups is 1. The number of nitrogens with two attached hydrogens (primary N) is 1. The summed E-state index contributed by atoms with van der Waals surface area (Å²) >= 11 is 0. The molecule has 1 saturated heterocycles. The van der Waals surface area contributed by atoms with Crippen molar-refractivity contribution in [3.05, 3.63) is 28.0 Å². The third-order valence-electron chi connectivity index (χ3n) is 3.24. The standard InChI is InChI=1S/C12H17N3O3/c13-7-9-3-1-2-4-15(9)12(18)8-5-10(16)14-11(17)6-8/h5-6,9H,1-4,7,13H2,(H2,14,16,17). The number of rotatable bonds is 2. The van der Waals surface area contributed by atoms with Crippen LogP contribution in [0.15, 0.2) is 16.9 Å². The quantitative estimate of drug-likeness (QED) is 0.690. The third-order valence-corrected chi connectivity index (χ3v) is 3.24. The van der Waals surface area contributed by atoms with Gasteiger partial charge in [0.05, 0.1) is 5.56 Å². The van der Waals surface area contributed by atoms with Crippen LogP contribution in [0.1, 0.15) is 29.6 Å². The van der Waals surface area contributed by atoms with E-state index in [-0.39, 0.29) is 23.4 Å². The Labute approximate surface area is 104 Å². The molecule has 1 unspecified atom stereocenters. The molecule has 6 heteroatoms. The molecule has 0 aliphatic carbocycles. The van der Waals surface area contributed by atoms with Crippen LogP contribution in [-0.4, -0.2) is 40.0 Å². The van der Waals surface area contributed by atoms with Crippen molar-refractivity contribution in [3.8, 4) is 5.88 Å². The fourth-order valence-electron chi connectivity index (χ4n) is 2.33. The van der Waals surface area contributed by atoms with Crippen LogP contribution in [-0.2, 0) is 0 Å². The van der Waals surface area contributed by atoms with Gasteiger partial charge in [-0.1, -0.05) is 0 Å². The smallest absolute Gasteiger partial charge is 0.254 e. The van der Waals surface area contributed by atoms with E-state index in [4.69, 9.17) is 5.73 Å². The molecule has 0 spiro atoms. The average molecular weight is 251 g/mol. The van der Waals surface area contributed by atoms with Crippen LogP contribution in [0.3, 0.4) is 0 Å². The summed E-state index contributed by atoms with van der Waals surface area (Å²) in [4.78, 5) is 27.4. The Morgan fingerprint density at radius 2 is 2.28 bits per heavy atom. The first-order chi connectivity index (χ1) is 8.61. The van der Waals surface area contributed by atoms with Crippen LogP contribution < -0.4 is 11.3 Å². The topological polar surface area (TPSA) is 99.4 Å². The van der Waals surface area contributed by atoms with Crippen LogP contribution >= 0.6 is 0 Å². The number of nitrogens with one attached hydrogen (secondary N) is 1. The van der Waals surface area contributed by atoms with E-state index < -0.39 is 5.56 Å². The van der Waals surface area contributed by atoms with Gasteiger partial charge in [-0.25, -0.2) is 0 Å². The van der Waals surface area contributed by atoms with Crippen LogP contribution in [0.25, 0.3) is 0 Å². The van der Waals surface area contributed by atoms with Gasteiger partial charge in [0.2, 0.25) is 0 Å². The lowest BCUT2D eigenvalue weighted by atomic mass is 10.0. The summed E-state index contributed by atoms with van der Waals surface area (Å²) in [5.41, 5.74) is 5.38. The number of hydrogen-bond donors (Lipinski definition) is 3. The fraction of sp³-hybridized carbons (Fsp3) is 0.500. The van der Waals surface area contributed by atoms with Gasteiger partial charge in [0.15, 0.2) is 5.88 Å². The molecule has 1 aliphatic rings. The third kappa shape index (κ3) is 2.53. The number of carbonyl (C=O) groups is 1. The zero-order valence-corrected chi connectivity index (χ0v) is 10.1. The number of H-pyrrole nitrogens is 1. The second-order valence-electron chi connectivity index (χ2n) is 4.50. The molecule has 18 heavy (non-hydrogen) atoms. The fourth-order valence-corrected chi connectivity index (χ4v) is 2.33. The number of hydrogen-bond acceptors (Lipinski definition) is 4. The Bertz CT molecular complexity index is 498. The Morgan fingerprint density at radius 3 is 2.94 bits per heavy atom. The lowest BCUT2D eigenvalue weighted by molar-refractivity contribution is 0.0622. The monoisotopic (exact) mass is 251 g/mol. The van der Waals surface area contributed by atoms with Crippen molar-refractivity contribution in [3.63, 3.8) is 0 Å². The van der Waals surface area contributed by atoms with Gasteiger partial charge in [0.1, 0.15) is 0 Å². The molecule has 0 radical (unpaired) electrons. The van der Waals surface area contributed by atoms with Crippen molar-refractivity contribution in [2.45, 2.75) is 25.3 Å². The summed E-state index contributed by atoms with van der Waals surface area (Å²) in [7, 11) is 0. The molecular weight excluding hydrogens is 234 g/mol. The second kappa shape index (κ2) is 5.22. The summed E-state index contributed by atoms with van der Waals surface area (Å²) in [6.45, 7) is 1.06. The maximum atomic E-state index is 12.3. The normalized spacial score (nSPS) is 19.8. The summed E-state index contributed by atoms with van der Waals surface area (Å²) < 4.78 is 0. The van der Waals surface area contributed by atoms with E-state index in [9.17, 15) is 14.7 Å². The average Bonchev–Trinajstić information content (AvgIpc) is 2.36. The maximum absolute atomic E-state index is 12.3. The first-order valence-electron chi connectivity index (χ1n) is 6.06. The number of piperidine rings is 1. The Kier molecular flexibility index (Phi) is 3.66. The van der Waals surface area contributed by atoms with E-state index in [1.807, 2.05) is 0 Å². The number of nitrogens with zero attached hydrogens (tertiary/aromatic N) is 1. The van der Waals surface area contributed by atoms with Crippen molar-refractivity contribution < 1.29 is 9.90 Å². The number of likely N-dealkylation sites (tertiary alicyclic amines) is 1. The number of aromatic amines is 1. The van der Waals surface area contributed by atoms with E-state index in [1.54, 1.807) is 4.90 Å². The van der Waals surface area contributed by atoms with Crippen molar-refractivity contribution in [2.75, 3.05) is 13.1 Å². The van der Waals surface area contributed by atoms with E-state index in [0.29, 0.717) is 13.1 Å². The molecule has 0 bridgehead atoms. The van der Waals surface area contributed by atoms with Crippen LogP contribution in [0.4, 0.5) is 0 Å². The van der Waals surface area contributed by atoms with Crippen molar-refractivity contribution in [1.29, 1.82) is 0 Å². The summed E-state index contributed by atoms with van der Waals surface area (Å²) in [5.74, 6) is -0.543. The summed E-state index contributed by atoms with van der Waals surface area (Å²) in [5, 5.41) is 9.31. The number of carbonyl (C=O) groups excluding carboxylic acids is 1. The maximum Gasteiger partial charge on any atom is 0.254 e. The molecule has 1 aromatic heterocycles. The van der Waals surface area contributed by atoms with Crippen LogP contribution in [0.5, 0.6) is 5.88 Å². The predicted molar refractivity (Wildman–Crippen MR) is 66.5 cm³/mol. The summed E-state index contributed by atoms with van der Waals surface area (Å²) in [6.07, 6.45) is 2.89. The Balaban J connectivity index is 2.26. The Hall–Kier alpha value is -1.82. The van der Waals surface area contributed by atoms with Crippen molar-refractivity contribution in [1.82, 2.24) is 9.88 Å². The molecule has 1 aromatic rings. The first-order valence-corrected chi connectivity index (χ1v) is 6.06. The van der Waals surface area contributed by atoms with Gasteiger partial charge in [0.25, 0.3) is 11.5 Å². The van der Waals surface area contributed by atoms with E-state index in [1.165, 1.54) is 12.1 Å². The molecule has 2 heterocycles. The minimum Gasteiger partial charge on any atom is -0.494 e. The second-order valence-corrected chi connectivity index (χ2v) is 4.50.